The number of hydrogen-bond acceptors (Lipinski definition) is 6. The van der Waals surface area contributed by atoms with Gasteiger partial charge in [0.25, 0.3) is 5.56 Å². The third-order valence-corrected chi connectivity index (χ3v) is 5.28. The van der Waals surface area contributed by atoms with Gasteiger partial charge in [0, 0.05) is 18.1 Å². The van der Waals surface area contributed by atoms with Crippen LogP contribution in [0.4, 0.5) is 17.2 Å². The van der Waals surface area contributed by atoms with Crippen molar-refractivity contribution >= 4 is 34.7 Å². The highest BCUT2D eigenvalue weighted by molar-refractivity contribution is 6.31. The number of nitrogen functional groups attached to an aromatic ring is 1. The number of aromatic nitrogens is 2. The van der Waals surface area contributed by atoms with Gasteiger partial charge in [-0.3, -0.25) is 19.1 Å². The van der Waals surface area contributed by atoms with Crippen molar-refractivity contribution < 1.29 is 9.53 Å². The topological polar surface area (TPSA) is 114 Å². The van der Waals surface area contributed by atoms with Crippen molar-refractivity contribution in [1.82, 2.24) is 9.55 Å². The van der Waals surface area contributed by atoms with Crippen molar-refractivity contribution in [2.45, 2.75) is 33.2 Å². The summed E-state index contributed by atoms with van der Waals surface area (Å²) < 4.78 is 6.93. The van der Waals surface area contributed by atoms with Crippen LogP contribution in [-0.2, 0) is 11.3 Å². The van der Waals surface area contributed by atoms with Gasteiger partial charge in [-0.1, -0.05) is 24.9 Å². The lowest BCUT2D eigenvalue weighted by Crippen LogP contribution is -2.46. The van der Waals surface area contributed by atoms with E-state index in [0.29, 0.717) is 36.2 Å². The minimum atomic E-state index is -0.675. The number of nitrogens with two attached hydrogens (primary N) is 1. The number of likely N-dealkylation sites (N-methyl/N-ethyl adjacent to an activating group) is 1. The summed E-state index contributed by atoms with van der Waals surface area (Å²) in [4.78, 5) is 43.3. The first-order valence-electron chi connectivity index (χ1n) is 9.97. The Labute approximate surface area is 179 Å². The number of anilines is 3. The summed E-state index contributed by atoms with van der Waals surface area (Å²) in [5.74, 6) is 0.327. The Morgan fingerprint density at radius 3 is 2.80 bits per heavy atom. The smallest absolute Gasteiger partial charge is 0.330 e. The molecule has 3 N–H and O–H groups in total. The average Bonchev–Trinajstić information content (AvgIpc) is 2.71. The molecule has 0 saturated carbocycles. The van der Waals surface area contributed by atoms with E-state index in [9.17, 15) is 14.4 Å². The summed E-state index contributed by atoms with van der Waals surface area (Å²) in [7, 11) is 0. The number of unbranched alkanes of at least 4 members (excludes halogenated alkanes) is 1. The Bertz CT molecular complexity index is 1050. The van der Waals surface area contributed by atoms with Crippen LogP contribution >= 0.6 is 11.6 Å². The molecule has 2 heterocycles. The van der Waals surface area contributed by atoms with E-state index in [4.69, 9.17) is 22.1 Å². The van der Waals surface area contributed by atoms with Gasteiger partial charge < -0.3 is 20.3 Å². The summed E-state index contributed by atoms with van der Waals surface area (Å²) in [6.45, 7) is 5.27. The van der Waals surface area contributed by atoms with E-state index in [1.165, 1.54) is 9.47 Å². The predicted octanol–water partition coefficient (Wildman–Crippen LogP) is 1.82. The first kappa shape index (κ1) is 21.8. The molecule has 0 unspecified atom stereocenters. The van der Waals surface area contributed by atoms with Gasteiger partial charge in [-0.15, -0.1) is 0 Å². The Morgan fingerprint density at radius 2 is 2.10 bits per heavy atom. The van der Waals surface area contributed by atoms with Gasteiger partial charge in [0.2, 0.25) is 5.91 Å². The zero-order valence-corrected chi connectivity index (χ0v) is 17.9. The monoisotopic (exact) mass is 435 g/mol. The van der Waals surface area contributed by atoms with Crippen LogP contribution in [0.15, 0.2) is 27.8 Å². The number of nitrogens with zero attached hydrogens (tertiary/aromatic N) is 3. The fourth-order valence-electron chi connectivity index (χ4n) is 3.49. The number of amides is 1. The molecule has 1 aliphatic rings. The van der Waals surface area contributed by atoms with E-state index in [2.05, 4.69) is 4.98 Å². The van der Waals surface area contributed by atoms with Crippen molar-refractivity contribution in [2.75, 3.05) is 41.8 Å². The minimum absolute atomic E-state index is 0.00202. The van der Waals surface area contributed by atoms with Crippen molar-refractivity contribution in [1.29, 1.82) is 0 Å². The molecule has 0 atom stereocenters. The van der Waals surface area contributed by atoms with Crippen molar-refractivity contribution in [2.24, 2.45) is 0 Å². The van der Waals surface area contributed by atoms with Gasteiger partial charge in [0.05, 0.1) is 18.8 Å². The molecule has 1 aliphatic heterocycles. The van der Waals surface area contributed by atoms with E-state index < -0.39 is 11.2 Å². The molecular formula is C20H26ClN5O4. The number of carbonyl (C=O) groups is 1. The zero-order valence-electron chi connectivity index (χ0n) is 17.1. The molecule has 0 fully saturated rings. The first-order chi connectivity index (χ1) is 14.4. The molecule has 3 rings (SSSR count). The molecule has 1 aromatic carbocycles. The van der Waals surface area contributed by atoms with Crippen LogP contribution in [0.25, 0.3) is 0 Å². The van der Waals surface area contributed by atoms with Crippen LogP contribution in [0.1, 0.15) is 26.7 Å². The molecule has 0 radical (unpaired) electrons. The number of H-pyrrole nitrogens is 1. The highest BCUT2D eigenvalue weighted by atomic mass is 35.5. The standard InChI is InChI=1S/C20H26ClN5O4/c1-3-5-8-26-18(22)17(19(28)23-20(26)29)25(4-2)16(27)12-24-9-10-30-15-7-6-13(21)11-14(15)24/h6-7,11H,3-5,8-10,12,22H2,1-2H3,(H,23,28,29). The second kappa shape index (κ2) is 9.25. The van der Waals surface area contributed by atoms with Crippen molar-refractivity contribution in [3.8, 4) is 5.75 Å². The Balaban J connectivity index is 1.92. The molecule has 0 saturated heterocycles. The van der Waals surface area contributed by atoms with E-state index in [1.807, 2.05) is 11.8 Å². The van der Waals surface area contributed by atoms with Crippen LogP contribution in [0, 0.1) is 0 Å². The fraction of sp³-hybridized carbons (Fsp3) is 0.450. The van der Waals surface area contributed by atoms with Crippen LogP contribution < -0.4 is 31.5 Å². The van der Waals surface area contributed by atoms with Gasteiger partial charge in [0.1, 0.15) is 18.2 Å². The first-order valence-corrected chi connectivity index (χ1v) is 10.3. The van der Waals surface area contributed by atoms with Gasteiger partial charge in [-0.2, -0.15) is 0 Å². The Hall–Kier alpha value is -2.94. The summed E-state index contributed by atoms with van der Waals surface area (Å²) in [6.07, 6.45) is 1.58. The molecule has 10 heteroatoms. The molecule has 0 bridgehead atoms. The SMILES string of the molecule is CCCCn1c(N)c(N(CC)C(=O)CN2CCOc3ccc(Cl)cc32)c(=O)[nH]c1=O. The number of halogens is 1. The number of carbonyl (C=O) groups excluding carboxylic acids is 1. The second-order valence-corrected chi connectivity index (χ2v) is 7.45. The van der Waals surface area contributed by atoms with E-state index in [-0.39, 0.29) is 30.5 Å². The summed E-state index contributed by atoms with van der Waals surface area (Å²) in [5, 5.41) is 0.535. The van der Waals surface area contributed by atoms with E-state index in [0.717, 1.165) is 12.8 Å². The molecule has 9 nitrogen and oxygen atoms in total. The lowest BCUT2D eigenvalue weighted by atomic mass is 10.2. The van der Waals surface area contributed by atoms with Crippen molar-refractivity contribution in [3.63, 3.8) is 0 Å². The Kier molecular flexibility index (Phi) is 6.71. The van der Waals surface area contributed by atoms with Gasteiger partial charge in [0.15, 0.2) is 5.69 Å². The number of aromatic amines is 1. The lowest BCUT2D eigenvalue weighted by molar-refractivity contribution is -0.117. The fourth-order valence-corrected chi connectivity index (χ4v) is 3.66. The van der Waals surface area contributed by atoms with Crippen LogP contribution in [-0.4, -0.2) is 41.7 Å². The highest BCUT2D eigenvalue weighted by Gasteiger charge is 2.27. The minimum Gasteiger partial charge on any atom is -0.490 e. The number of hydrogen-bond donors (Lipinski definition) is 2. The normalized spacial score (nSPS) is 13.0. The molecule has 1 amide bonds. The van der Waals surface area contributed by atoms with Crippen LogP contribution in [0.3, 0.4) is 0 Å². The van der Waals surface area contributed by atoms with E-state index in [1.54, 1.807) is 25.1 Å². The van der Waals surface area contributed by atoms with Crippen LogP contribution in [0.2, 0.25) is 5.02 Å². The number of benzene rings is 1. The predicted molar refractivity (Wildman–Crippen MR) is 118 cm³/mol. The zero-order chi connectivity index (χ0) is 21.8. The third-order valence-electron chi connectivity index (χ3n) is 5.04. The largest absolute Gasteiger partial charge is 0.490 e. The van der Waals surface area contributed by atoms with Gasteiger partial charge in [-0.25, -0.2) is 4.79 Å². The number of nitrogens with one attached hydrogen (secondary N) is 1. The molecule has 1 aromatic heterocycles. The molecule has 162 valence electrons. The maximum Gasteiger partial charge on any atom is 0.330 e. The van der Waals surface area contributed by atoms with Crippen LogP contribution in [0.5, 0.6) is 5.75 Å². The number of fused-ring (bicyclic) bond motifs is 1. The molecule has 0 aliphatic carbocycles. The number of rotatable bonds is 7. The molecule has 30 heavy (non-hydrogen) atoms. The average molecular weight is 436 g/mol. The van der Waals surface area contributed by atoms with Crippen molar-refractivity contribution in [3.05, 3.63) is 44.1 Å². The third kappa shape index (κ3) is 4.30. The summed E-state index contributed by atoms with van der Waals surface area (Å²) in [6, 6.07) is 5.23. The quantitative estimate of drug-likeness (QED) is 0.685. The van der Waals surface area contributed by atoms with Gasteiger partial charge >= 0.3 is 5.69 Å². The lowest BCUT2D eigenvalue weighted by Gasteiger charge is -2.32. The molecule has 2 aromatic rings. The maximum atomic E-state index is 13.2. The highest BCUT2D eigenvalue weighted by Crippen LogP contribution is 2.34. The summed E-state index contributed by atoms with van der Waals surface area (Å²) >= 11 is 6.11. The second-order valence-electron chi connectivity index (χ2n) is 7.02. The molecule has 0 spiro atoms. The molecular weight excluding hydrogens is 410 g/mol. The van der Waals surface area contributed by atoms with Gasteiger partial charge in [-0.05, 0) is 31.5 Å². The Morgan fingerprint density at radius 1 is 1.33 bits per heavy atom. The maximum absolute atomic E-state index is 13.2. The summed E-state index contributed by atoms with van der Waals surface area (Å²) in [5.41, 5.74) is 5.63. The number of ether oxygens (including phenoxy) is 1. The van der Waals surface area contributed by atoms with E-state index >= 15 is 0 Å².